The Hall–Kier alpha value is -1.62. The van der Waals surface area contributed by atoms with Gasteiger partial charge in [-0.05, 0) is 44.1 Å². The van der Waals surface area contributed by atoms with Crippen LogP contribution in [0, 0.1) is 0 Å². The van der Waals surface area contributed by atoms with E-state index in [0.29, 0.717) is 32.4 Å². The van der Waals surface area contributed by atoms with Gasteiger partial charge in [-0.1, -0.05) is 56.0 Å². The molecule has 0 amide bonds. The van der Waals surface area contributed by atoms with Gasteiger partial charge in [0.2, 0.25) is 0 Å². The second kappa shape index (κ2) is 11.4. The minimum Gasteiger partial charge on any atom is -0.326 e. The molecule has 2 rings (SSSR count). The molecule has 0 aromatic heterocycles. The zero-order chi connectivity index (χ0) is 20.5. The third-order valence-electron chi connectivity index (χ3n) is 4.83. The topological polar surface area (TPSA) is 15.6 Å². The van der Waals surface area contributed by atoms with Crippen molar-refractivity contribution >= 4 is 17.6 Å². The van der Waals surface area contributed by atoms with Crippen LogP contribution in [0.25, 0.3) is 0 Å². The van der Waals surface area contributed by atoms with Crippen molar-refractivity contribution < 1.29 is 8.78 Å². The monoisotopic (exact) mass is 406 g/mol. The van der Waals surface area contributed by atoms with Crippen molar-refractivity contribution in [2.45, 2.75) is 65.7 Å². The van der Waals surface area contributed by atoms with Crippen LogP contribution in [0.1, 0.15) is 53.4 Å². The van der Waals surface area contributed by atoms with E-state index in [-0.39, 0.29) is 0 Å². The van der Waals surface area contributed by atoms with E-state index in [4.69, 9.17) is 4.99 Å². The standard InChI is InChI=1S/C23H32F2N2S/c1-5-10-17(11-9-12-18(24)7-3)20-15-26-23(22(8-4)28-13-6-2)27-16-19(25)14-21(20)27/h6,8-11,13,18-19H,5,7,12,14-16H2,1-4H3/b11-9-,13-6-,17-10+,22-8+. The van der Waals surface area contributed by atoms with E-state index < -0.39 is 12.3 Å². The first-order chi connectivity index (χ1) is 13.5. The number of nitrogens with zero attached hydrogens (tertiary/aromatic N) is 2. The lowest BCUT2D eigenvalue weighted by Crippen LogP contribution is -2.33. The van der Waals surface area contributed by atoms with Gasteiger partial charge in [-0.25, -0.2) is 8.78 Å². The normalized spacial score (nSPS) is 22.4. The molecule has 0 radical (unpaired) electrons. The van der Waals surface area contributed by atoms with Crippen LogP contribution in [0.2, 0.25) is 0 Å². The summed E-state index contributed by atoms with van der Waals surface area (Å²) in [5.41, 5.74) is 3.14. The zero-order valence-electron chi connectivity index (χ0n) is 17.4. The van der Waals surface area contributed by atoms with Crippen LogP contribution in [0.5, 0.6) is 0 Å². The fourth-order valence-corrected chi connectivity index (χ4v) is 4.10. The Balaban J connectivity index is 2.33. The van der Waals surface area contributed by atoms with E-state index >= 15 is 0 Å². The molecule has 0 saturated carbocycles. The number of allylic oxidation sites excluding steroid dienone is 6. The Morgan fingerprint density at radius 1 is 1.36 bits per heavy atom. The van der Waals surface area contributed by atoms with Crippen molar-refractivity contribution in [2.24, 2.45) is 4.99 Å². The van der Waals surface area contributed by atoms with Crippen LogP contribution in [-0.4, -0.2) is 36.2 Å². The van der Waals surface area contributed by atoms with Crippen LogP contribution < -0.4 is 0 Å². The smallest absolute Gasteiger partial charge is 0.142 e. The summed E-state index contributed by atoms with van der Waals surface area (Å²) < 4.78 is 28.0. The molecule has 2 unspecified atom stereocenters. The molecule has 0 aromatic rings. The molecule has 1 saturated heterocycles. The number of amidine groups is 1. The molecule has 0 spiro atoms. The van der Waals surface area contributed by atoms with Crippen LogP contribution >= 0.6 is 11.8 Å². The second-order valence-electron chi connectivity index (χ2n) is 6.93. The zero-order valence-corrected chi connectivity index (χ0v) is 18.2. The van der Waals surface area contributed by atoms with Crippen LogP contribution in [-0.2, 0) is 0 Å². The number of halogens is 2. The van der Waals surface area contributed by atoms with Gasteiger partial charge in [-0.3, -0.25) is 4.99 Å². The molecule has 2 heterocycles. The van der Waals surface area contributed by atoms with E-state index in [0.717, 1.165) is 34.0 Å². The minimum atomic E-state index is -0.889. The van der Waals surface area contributed by atoms with Gasteiger partial charge in [0.25, 0.3) is 0 Å². The third kappa shape index (κ3) is 5.69. The molecule has 0 aromatic carbocycles. The highest BCUT2D eigenvalue weighted by molar-refractivity contribution is 8.06. The Morgan fingerprint density at radius 3 is 2.79 bits per heavy atom. The Labute approximate surface area is 172 Å². The van der Waals surface area contributed by atoms with Gasteiger partial charge in [-0.2, -0.15) is 0 Å². The van der Waals surface area contributed by atoms with Gasteiger partial charge in [0.1, 0.15) is 18.2 Å². The Kier molecular flexibility index (Phi) is 9.23. The van der Waals surface area contributed by atoms with Gasteiger partial charge in [0, 0.05) is 22.6 Å². The lowest BCUT2D eigenvalue weighted by molar-refractivity contribution is 0.327. The van der Waals surface area contributed by atoms with Gasteiger partial charge in [0.05, 0.1) is 13.1 Å². The van der Waals surface area contributed by atoms with E-state index in [1.807, 2.05) is 55.4 Å². The molecule has 154 valence electrons. The van der Waals surface area contributed by atoms with Crippen LogP contribution in [0.4, 0.5) is 8.78 Å². The van der Waals surface area contributed by atoms with Gasteiger partial charge in [0.15, 0.2) is 0 Å². The number of hydrogen-bond acceptors (Lipinski definition) is 3. The summed E-state index contributed by atoms with van der Waals surface area (Å²) in [7, 11) is 0. The third-order valence-corrected chi connectivity index (χ3v) is 5.91. The highest BCUT2D eigenvalue weighted by Gasteiger charge is 2.35. The summed E-state index contributed by atoms with van der Waals surface area (Å²) in [5, 5.41) is 2.02. The maximum absolute atomic E-state index is 14.4. The second-order valence-corrected chi connectivity index (χ2v) is 7.88. The first-order valence-electron chi connectivity index (χ1n) is 10.2. The van der Waals surface area contributed by atoms with Gasteiger partial charge < -0.3 is 4.90 Å². The highest BCUT2D eigenvalue weighted by atomic mass is 32.2. The largest absolute Gasteiger partial charge is 0.326 e. The Bertz CT molecular complexity index is 716. The number of aliphatic imine (C=N–C) groups is 1. The van der Waals surface area contributed by atoms with Crippen molar-refractivity contribution in [3.05, 3.63) is 57.5 Å². The predicted molar refractivity (Wildman–Crippen MR) is 119 cm³/mol. The predicted octanol–water partition coefficient (Wildman–Crippen LogP) is 6.90. The SMILES string of the molecule is C/C=C\S/C(=C/C)C1=NCC(C(/C=C\CC(F)CC)=C/CC)=C2CC(F)CN12. The van der Waals surface area contributed by atoms with E-state index in [9.17, 15) is 8.78 Å². The summed E-state index contributed by atoms with van der Waals surface area (Å²) >= 11 is 1.61. The summed E-state index contributed by atoms with van der Waals surface area (Å²) in [6.07, 6.45) is 10.6. The summed E-state index contributed by atoms with van der Waals surface area (Å²) in [4.78, 5) is 7.90. The number of fused-ring (bicyclic) bond motifs is 1. The Morgan fingerprint density at radius 2 is 2.14 bits per heavy atom. The van der Waals surface area contributed by atoms with Gasteiger partial charge in [-0.15, -0.1) is 0 Å². The first kappa shape index (κ1) is 22.7. The molecular formula is C23H32F2N2S. The number of thioether (sulfide) groups is 1. The summed E-state index contributed by atoms with van der Waals surface area (Å²) in [5.74, 6) is 0.860. The van der Waals surface area contributed by atoms with Crippen molar-refractivity contribution in [2.75, 3.05) is 13.1 Å². The molecular weight excluding hydrogens is 374 g/mol. The average Bonchev–Trinajstić information content (AvgIpc) is 3.09. The molecule has 0 N–H and O–H groups in total. The van der Waals surface area contributed by atoms with E-state index in [1.165, 1.54) is 0 Å². The molecule has 2 aliphatic heterocycles. The molecule has 1 fully saturated rings. The molecule has 2 atom stereocenters. The maximum atomic E-state index is 14.4. The van der Waals surface area contributed by atoms with Gasteiger partial charge >= 0.3 is 0 Å². The van der Waals surface area contributed by atoms with Crippen molar-refractivity contribution in [3.63, 3.8) is 0 Å². The molecule has 2 nitrogen and oxygen atoms in total. The van der Waals surface area contributed by atoms with Crippen molar-refractivity contribution in [1.29, 1.82) is 0 Å². The lowest BCUT2D eigenvalue weighted by Gasteiger charge is -2.30. The number of alkyl halides is 2. The highest BCUT2D eigenvalue weighted by Crippen LogP contribution is 2.37. The fraction of sp³-hybridized carbons (Fsp3) is 0.522. The number of rotatable bonds is 9. The fourth-order valence-electron chi connectivity index (χ4n) is 3.40. The number of hydrogen-bond donors (Lipinski definition) is 0. The molecule has 0 aliphatic carbocycles. The average molecular weight is 407 g/mol. The van der Waals surface area contributed by atoms with Crippen LogP contribution in [0.15, 0.2) is 62.5 Å². The summed E-state index contributed by atoms with van der Waals surface area (Å²) in [6, 6.07) is 0. The lowest BCUT2D eigenvalue weighted by atomic mass is 9.98. The van der Waals surface area contributed by atoms with E-state index in [2.05, 4.69) is 13.0 Å². The van der Waals surface area contributed by atoms with Crippen molar-refractivity contribution in [3.8, 4) is 0 Å². The quantitative estimate of drug-likeness (QED) is 0.387. The summed E-state index contributed by atoms with van der Waals surface area (Å²) in [6.45, 7) is 8.78. The molecule has 0 bridgehead atoms. The van der Waals surface area contributed by atoms with E-state index in [1.54, 1.807) is 11.8 Å². The minimum absolute atomic E-state index is 0.344. The maximum Gasteiger partial charge on any atom is 0.142 e. The molecule has 28 heavy (non-hydrogen) atoms. The molecule has 2 aliphatic rings. The van der Waals surface area contributed by atoms with Crippen molar-refractivity contribution in [1.82, 2.24) is 4.90 Å². The first-order valence-corrected chi connectivity index (χ1v) is 11.1. The molecule has 5 heteroatoms. The van der Waals surface area contributed by atoms with Crippen LogP contribution in [0.3, 0.4) is 0 Å².